The number of carbonyl (C=O) groups excluding carboxylic acids is 1. The number of hydrogen-bond acceptors (Lipinski definition) is 3. The van der Waals surface area contributed by atoms with Crippen molar-refractivity contribution in [2.45, 2.75) is 26.0 Å². The molecule has 3 N–H and O–H groups in total. The molecule has 1 rings (SSSR count). The van der Waals surface area contributed by atoms with Crippen LogP contribution in [0.4, 0.5) is 0 Å². The van der Waals surface area contributed by atoms with Gasteiger partial charge in [-0.1, -0.05) is 44.2 Å². The van der Waals surface area contributed by atoms with Gasteiger partial charge in [0, 0.05) is 13.7 Å². The van der Waals surface area contributed by atoms with Crippen LogP contribution in [0.25, 0.3) is 0 Å². The van der Waals surface area contributed by atoms with Gasteiger partial charge in [0.15, 0.2) is 0 Å². The third-order valence-corrected chi connectivity index (χ3v) is 2.99. The van der Waals surface area contributed by atoms with Crippen molar-refractivity contribution in [3.63, 3.8) is 0 Å². The molecule has 0 saturated carbocycles. The zero-order valence-corrected chi connectivity index (χ0v) is 11.2. The molecule has 0 aromatic heterocycles. The number of hydrogen-bond donors (Lipinski definition) is 2. The molecule has 0 heterocycles. The van der Waals surface area contributed by atoms with E-state index in [1.165, 1.54) is 0 Å². The van der Waals surface area contributed by atoms with Gasteiger partial charge >= 0.3 is 0 Å². The number of carbonyl (C=O) groups is 1. The molecule has 0 bridgehead atoms. The Morgan fingerprint density at radius 3 is 2.39 bits per heavy atom. The van der Waals surface area contributed by atoms with Crippen molar-refractivity contribution < 1.29 is 9.53 Å². The SMILES string of the molecule is CO[C@@H](CN[C@@H](C(N)=O)c1ccccc1)C(C)C. The second kappa shape index (κ2) is 7.13. The Kier molecular flexibility index (Phi) is 5.82. The Morgan fingerprint density at radius 2 is 1.94 bits per heavy atom. The highest BCUT2D eigenvalue weighted by molar-refractivity contribution is 5.81. The average molecular weight is 250 g/mol. The smallest absolute Gasteiger partial charge is 0.239 e. The van der Waals surface area contributed by atoms with Crippen molar-refractivity contribution in [3.8, 4) is 0 Å². The molecule has 0 aliphatic carbocycles. The molecule has 4 nitrogen and oxygen atoms in total. The first-order valence-electron chi connectivity index (χ1n) is 6.16. The maximum Gasteiger partial charge on any atom is 0.239 e. The fourth-order valence-corrected chi connectivity index (χ4v) is 1.85. The van der Waals surface area contributed by atoms with Gasteiger partial charge in [0.2, 0.25) is 5.91 Å². The van der Waals surface area contributed by atoms with Crippen LogP contribution in [0.15, 0.2) is 30.3 Å². The molecule has 100 valence electrons. The average Bonchev–Trinajstić information content (AvgIpc) is 2.35. The minimum Gasteiger partial charge on any atom is -0.380 e. The maximum atomic E-state index is 11.5. The largest absolute Gasteiger partial charge is 0.380 e. The van der Waals surface area contributed by atoms with Crippen molar-refractivity contribution in [1.29, 1.82) is 0 Å². The highest BCUT2D eigenvalue weighted by atomic mass is 16.5. The van der Waals surface area contributed by atoms with Gasteiger partial charge in [0.25, 0.3) is 0 Å². The summed E-state index contributed by atoms with van der Waals surface area (Å²) in [6.07, 6.45) is 0.0653. The summed E-state index contributed by atoms with van der Waals surface area (Å²) in [6.45, 7) is 4.76. The minimum absolute atomic E-state index is 0.0653. The van der Waals surface area contributed by atoms with Gasteiger partial charge in [-0.25, -0.2) is 0 Å². The summed E-state index contributed by atoms with van der Waals surface area (Å²) in [5.41, 5.74) is 6.31. The third-order valence-electron chi connectivity index (χ3n) is 2.99. The molecule has 1 amide bonds. The molecular weight excluding hydrogens is 228 g/mol. The molecule has 0 spiro atoms. The van der Waals surface area contributed by atoms with Crippen LogP contribution in [0.3, 0.4) is 0 Å². The van der Waals surface area contributed by atoms with Crippen LogP contribution in [0.2, 0.25) is 0 Å². The Bertz CT molecular complexity index is 365. The highest BCUT2D eigenvalue weighted by Gasteiger charge is 2.20. The number of ether oxygens (including phenoxy) is 1. The molecule has 0 aliphatic rings. The normalized spacial score (nSPS) is 14.4. The van der Waals surface area contributed by atoms with Gasteiger partial charge in [0.1, 0.15) is 6.04 Å². The molecule has 0 aliphatic heterocycles. The lowest BCUT2D eigenvalue weighted by molar-refractivity contribution is -0.120. The van der Waals surface area contributed by atoms with Gasteiger partial charge in [-0.15, -0.1) is 0 Å². The zero-order chi connectivity index (χ0) is 13.5. The Balaban J connectivity index is 2.68. The van der Waals surface area contributed by atoms with E-state index in [-0.39, 0.29) is 12.0 Å². The number of rotatable bonds is 7. The van der Waals surface area contributed by atoms with E-state index >= 15 is 0 Å². The number of nitrogens with two attached hydrogens (primary N) is 1. The van der Waals surface area contributed by atoms with E-state index < -0.39 is 6.04 Å². The first kappa shape index (κ1) is 14.7. The fraction of sp³-hybridized carbons (Fsp3) is 0.500. The molecular formula is C14H22N2O2. The summed E-state index contributed by atoms with van der Waals surface area (Å²) in [7, 11) is 1.67. The van der Waals surface area contributed by atoms with Gasteiger partial charge in [-0.05, 0) is 11.5 Å². The van der Waals surface area contributed by atoms with Crippen LogP contribution in [0, 0.1) is 5.92 Å². The molecule has 1 aromatic rings. The van der Waals surface area contributed by atoms with Crippen molar-refractivity contribution in [1.82, 2.24) is 5.32 Å². The summed E-state index contributed by atoms with van der Waals surface area (Å²) in [5.74, 6) is 0.00612. The quantitative estimate of drug-likeness (QED) is 0.770. The lowest BCUT2D eigenvalue weighted by Gasteiger charge is -2.23. The minimum atomic E-state index is -0.470. The van der Waals surface area contributed by atoms with Crippen molar-refractivity contribution in [3.05, 3.63) is 35.9 Å². The Hall–Kier alpha value is -1.39. The zero-order valence-electron chi connectivity index (χ0n) is 11.2. The second-order valence-corrected chi connectivity index (χ2v) is 4.67. The highest BCUT2D eigenvalue weighted by Crippen LogP contribution is 2.13. The van der Waals surface area contributed by atoms with Gasteiger partial charge in [-0.2, -0.15) is 0 Å². The maximum absolute atomic E-state index is 11.5. The Labute approximate surface area is 109 Å². The summed E-state index contributed by atoms with van der Waals surface area (Å²) in [6, 6.07) is 9.00. The fourth-order valence-electron chi connectivity index (χ4n) is 1.85. The Morgan fingerprint density at radius 1 is 1.33 bits per heavy atom. The number of primary amides is 1. The first-order valence-corrected chi connectivity index (χ1v) is 6.16. The standard InChI is InChI=1S/C14H22N2O2/c1-10(2)12(18-3)9-16-13(14(15)17)11-7-5-4-6-8-11/h4-8,10,12-13,16H,9H2,1-3H3,(H2,15,17)/t12-,13+/m0/s1. The van der Waals surface area contributed by atoms with Gasteiger partial charge in [-0.3, -0.25) is 10.1 Å². The molecule has 2 atom stereocenters. The van der Waals surface area contributed by atoms with E-state index in [0.29, 0.717) is 12.5 Å². The summed E-state index contributed by atoms with van der Waals surface area (Å²) >= 11 is 0. The number of nitrogens with one attached hydrogen (secondary N) is 1. The van der Waals surface area contributed by atoms with Crippen LogP contribution in [0.1, 0.15) is 25.5 Å². The summed E-state index contributed by atoms with van der Waals surface area (Å²) < 4.78 is 5.36. The molecule has 0 saturated heterocycles. The molecule has 0 fully saturated rings. The van der Waals surface area contributed by atoms with Crippen molar-refractivity contribution in [2.24, 2.45) is 11.7 Å². The molecule has 18 heavy (non-hydrogen) atoms. The second-order valence-electron chi connectivity index (χ2n) is 4.67. The van der Waals surface area contributed by atoms with E-state index in [1.54, 1.807) is 7.11 Å². The van der Waals surface area contributed by atoms with Gasteiger partial charge < -0.3 is 10.5 Å². The van der Waals surface area contributed by atoms with Crippen LogP contribution >= 0.6 is 0 Å². The van der Waals surface area contributed by atoms with Gasteiger partial charge in [0.05, 0.1) is 6.10 Å². The molecule has 0 unspecified atom stereocenters. The van der Waals surface area contributed by atoms with E-state index in [9.17, 15) is 4.79 Å². The summed E-state index contributed by atoms with van der Waals surface area (Å²) in [5, 5.41) is 3.17. The molecule has 1 aromatic carbocycles. The first-order chi connectivity index (χ1) is 8.56. The third kappa shape index (κ3) is 4.13. The van der Waals surface area contributed by atoms with E-state index in [2.05, 4.69) is 19.2 Å². The van der Waals surface area contributed by atoms with Crippen LogP contribution < -0.4 is 11.1 Å². The lowest BCUT2D eigenvalue weighted by atomic mass is 10.0. The van der Waals surface area contributed by atoms with E-state index in [0.717, 1.165) is 5.56 Å². The van der Waals surface area contributed by atoms with Crippen LogP contribution in [0.5, 0.6) is 0 Å². The summed E-state index contributed by atoms with van der Waals surface area (Å²) in [4.78, 5) is 11.5. The van der Waals surface area contributed by atoms with E-state index in [1.807, 2.05) is 30.3 Å². The number of methoxy groups -OCH3 is 1. The number of benzene rings is 1. The molecule has 0 radical (unpaired) electrons. The van der Waals surface area contributed by atoms with Crippen molar-refractivity contribution in [2.75, 3.05) is 13.7 Å². The van der Waals surface area contributed by atoms with E-state index in [4.69, 9.17) is 10.5 Å². The monoisotopic (exact) mass is 250 g/mol. The predicted octanol–water partition coefficient (Wildman–Crippen LogP) is 1.47. The predicted molar refractivity (Wildman–Crippen MR) is 72.0 cm³/mol. The van der Waals surface area contributed by atoms with Crippen LogP contribution in [-0.2, 0) is 9.53 Å². The van der Waals surface area contributed by atoms with Crippen LogP contribution in [-0.4, -0.2) is 25.7 Å². The lowest BCUT2D eigenvalue weighted by Crippen LogP contribution is -2.40. The molecule has 4 heteroatoms. The topological polar surface area (TPSA) is 64.3 Å². The number of amides is 1. The van der Waals surface area contributed by atoms with Crippen molar-refractivity contribution >= 4 is 5.91 Å².